The number of piperidine rings is 1. The molecule has 1 N–H and O–H groups in total. The second kappa shape index (κ2) is 7.61. The molecule has 1 saturated heterocycles. The Bertz CT molecular complexity index is 249. The lowest BCUT2D eigenvalue weighted by molar-refractivity contribution is -0.0191. The molecule has 1 saturated carbocycles. The van der Waals surface area contributed by atoms with Gasteiger partial charge >= 0.3 is 0 Å². The topological polar surface area (TPSA) is 32.7 Å². The van der Waals surface area contributed by atoms with E-state index in [1.807, 2.05) is 6.92 Å². The number of aliphatic hydroxyl groups excluding tert-OH is 1. The van der Waals surface area contributed by atoms with Crippen LogP contribution < -0.4 is 0 Å². The van der Waals surface area contributed by atoms with Gasteiger partial charge in [0.15, 0.2) is 0 Å². The van der Waals surface area contributed by atoms with E-state index in [2.05, 4.69) is 11.8 Å². The molecule has 2 rings (SSSR count). The van der Waals surface area contributed by atoms with Crippen molar-refractivity contribution >= 4 is 0 Å². The molecule has 0 radical (unpaired) electrons. The lowest BCUT2D eigenvalue weighted by Gasteiger charge is -2.34. The minimum Gasteiger partial charge on any atom is -0.393 e. The molecular weight excluding hydrogens is 238 g/mol. The zero-order valence-corrected chi connectivity index (χ0v) is 12.7. The highest BCUT2D eigenvalue weighted by Gasteiger charge is 2.24. The fourth-order valence-electron chi connectivity index (χ4n) is 3.52. The van der Waals surface area contributed by atoms with Crippen LogP contribution in [0.1, 0.15) is 52.4 Å². The van der Waals surface area contributed by atoms with Gasteiger partial charge in [0.25, 0.3) is 0 Å². The second-order valence-electron chi connectivity index (χ2n) is 6.59. The Morgan fingerprint density at radius 1 is 1.16 bits per heavy atom. The van der Waals surface area contributed by atoms with Crippen LogP contribution in [0.4, 0.5) is 0 Å². The van der Waals surface area contributed by atoms with Crippen molar-refractivity contribution in [2.24, 2.45) is 11.8 Å². The SMILES string of the molecule is CC(O)C1CCN(CCOC2CCCCC2C)CC1. The summed E-state index contributed by atoms with van der Waals surface area (Å²) in [6.07, 6.45) is 7.96. The largest absolute Gasteiger partial charge is 0.393 e. The molecule has 19 heavy (non-hydrogen) atoms. The maximum Gasteiger partial charge on any atom is 0.0601 e. The third-order valence-corrected chi connectivity index (χ3v) is 5.09. The Balaban J connectivity index is 1.59. The molecule has 0 amide bonds. The van der Waals surface area contributed by atoms with Gasteiger partial charge in [0.2, 0.25) is 0 Å². The predicted molar refractivity (Wildman–Crippen MR) is 78.2 cm³/mol. The fraction of sp³-hybridized carbons (Fsp3) is 1.00. The highest BCUT2D eigenvalue weighted by Crippen LogP contribution is 2.26. The molecule has 1 aliphatic carbocycles. The molecule has 2 fully saturated rings. The maximum absolute atomic E-state index is 9.60. The van der Waals surface area contributed by atoms with E-state index in [0.717, 1.165) is 45.0 Å². The minimum absolute atomic E-state index is 0.138. The van der Waals surface area contributed by atoms with E-state index in [-0.39, 0.29) is 6.10 Å². The number of nitrogens with zero attached hydrogens (tertiary/aromatic N) is 1. The van der Waals surface area contributed by atoms with Gasteiger partial charge in [-0.2, -0.15) is 0 Å². The number of hydrogen-bond acceptors (Lipinski definition) is 3. The molecule has 2 aliphatic rings. The van der Waals surface area contributed by atoms with Crippen LogP contribution in [-0.4, -0.2) is 48.5 Å². The Hall–Kier alpha value is -0.120. The van der Waals surface area contributed by atoms with Gasteiger partial charge in [-0.15, -0.1) is 0 Å². The summed E-state index contributed by atoms with van der Waals surface area (Å²) in [5.41, 5.74) is 0. The molecule has 0 aromatic heterocycles. The third kappa shape index (κ3) is 4.73. The second-order valence-corrected chi connectivity index (χ2v) is 6.59. The van der Waals surface area contributed by atoms with Gasteiger partial charge in [0.05, 0.1) is 18.8 Å². The van der Waals surface area contributed by atoms with E-state index in [9.17, 15) is 5.11 Å². The smallest absolute Gasteiger partial charge is 0.0601 e. The summed E-state index contributed by atoms with van der Waals surface area (Å²) in [4.78, 5) is 2.49. The van der Waals surface area contributed by atoms with Crippen molar-refractivity contribution in [3.8, 4) is 0 Å². The van der Waals surface area contributed by atoms with Gasteiger partial charge in [-0.25, -0.2) is 0 Å². The predicted octanol–water partition coefficient (Wildman–Crippen LogP) is 2.67. The Kier molecular flexibility index (Phi) is 6.11. The van der Waals surface area contributed by atoms with Crippen LogP contribution in [0.3, 0.4) is 0 Å². The molecule has 0 spiro atoms. The Morgan fingerprint density at radius 3 is 2.47 bits per heavy atom. The first-order valence-electron chi connectivity index (χ1n) is 8.19. The van der Waals surface area contributed by atoms with E-state index < -0.39 is 0 Å². The van der Waals surface area contributed by atoms with Gasteiger partial charge in [0.1, 0.15) is 0 Å². The van der Waals surface area contributed by atoms with Crippen LogP contribution in [-0.2, 0) is 4.74 Å². The average molecular weight is 269 g/mol. The zero-order chi connectivity index (χ0) is 13.7. The molecule has 3 atom stereocenters. The quantitative estimate of drug-likeness (QED) is 0.833. The first-order chi connectivity index (χ1) is 9.16. The van der Waals surface area contributed by atoms with Crippen molar-refractivity contribution < 1.29 is 9.84 Å². The summed E-state index contributed by atoms with van der Waals surface area (Å²) >= 11 is 0. The van der Waals surface area contributed by atoms with Crippen molar-refractivity contribution in [1.29, 1.82) is 0 Å². The summed E-state index contributed by atoms with van der Waals surface area (Å²) in [5, 5.41) is 9.60. The van der Waals surface area contributed by atoms with E-state index in [1.54, 1.807) is 0 Å². The summed E-state index contributed by atoms with van der Waals surface area (Å²) in [6, 6.07) is 0. The molecule has 3 nitrogen and oxygen atoms in total. The van der Waals surface area contributed by atoms with Crippen molar-refractivity contribution in [2.45, 2.75) is 64.6 Å². The van der Waals surface area contributed by atoms with E-state index in [4.69, 9.17) is 4.74 Å². The molecule has 1 aliphatic heterocycles. The molecular formula is C16H31NO2. The first-order valence-corrected chi connectivity index (χ1v) is 8.19. The molecule has 112 valence electrons. The molecule has 0 aromatic rings. The van der Waals surface area contributed by atoms with Gasteiger partial charge in [-0.1, -0.05) is 19.8 Å². The van der Waals surface area contributed by atoms with Crippen LogP contribution in [0, 0.1) is 11.8 Å². The average Bonchev–Trinajstić information content (AvgIpc) is 2.41. The normalized spacial score (nSPS) is 32.4. The van der Waals surface area contributed by atoms with Crippen LogP contribution in [0.2, 0.25) is 0 Å². The standard InChI is InChI=1S/C16H31NO2/c1-13-5-3-4-6-16(13)19-12-11-17-9-7-15(8-10-17)14(2)18/h13-16,18H,3-12H2,1-2H3. The Labute approximate surface area is 118 Å². The number of rotatable bonds is 5. The van der Waals surface area contributed by atoms with Crippen molar-refractivity contribution in [1.82, 2.24) is 4.90 Å². The molecule has 3 heteroatoms. The number of hydrogen-bond donors (Lipinski definition) is 1. The summed E-state index contributed by atoms with van der Waals surface area (Å²) in [6.45, 7) is 8.45. The monoisotopic (exact) mass is 269 g/mol. The summed E-state index contributed by atoms with van der Waals surface area (Å²) < 4.78 is 6.08. The number of aliphatic hydroxyl groups is 1. The van der Waals surface area contributed by atoms with E-state index in [1.165, 1.54) is 25.7 Å². The van der Waals surface area contributed by atoms with Crippen molar-refractivity contribution in [2.75, 3.05) is 26.2 Å². The number of likely N-dealkylation sites (tertiary alicyclic amines) is 1. The third-order valence-electron chi connectivity index (χ3n) is 5.09. The molecule has 3 unspecified atom stereocenters. The Morgan fingerprint density at radius 2 is 1.84 bits per heavy atom. The van der Waals surface area contributed by atoms with Gasteiger partial charge < -0.3 is 14.7 Å². The fourth-order valence-corrected chi connectivity index (χ4v) is 3.52. The van der Waals surface area contributed by atoms with Gasteiger partial charge in [-0.05, 0) is 57.5 Å². The molecule has 0 aromatic carbocycles. The van der Waals surface area contributed by atoms with E-state index >= 15 is 0 Å². The maximum atomic E-state index is 9.60. The van der Waals surface area contributed by atoms with Crippen LogP contribution in [0.15, 0.2) is 0 Å². The lowest BCUT2D eigenvalue weighted by Crippen LogP contribution is -2.39. The van der Waals surface area contributed by atoms with Crippen molar-refractivity contribution in [3.63, 3.8) is 0 Å². The van der Waals surface area contributed by atoms with Gasteiger partial charge in [0, 0.05) is 6.54 Å². The van der Waals surface area contributed by atoms with Crippen LogP contribution in [0.25, 0.3) is 0 Å². The molecule has 1 heterocycles. The minimum atomic E-state index is -0.138. The summed E-state index contributed by atoms with van der Waals surface area (Å²) in [5.74, 6) is 1.25. The van der Waals surface area contributed by atoms with Gasteiger partial charge in [-0.3, -0.25) is 0 Å². The summed E-state index contributed by atoms with van der Waals surface area (Å²) in [7, 11) is 0. The first kappa shape index (κ1) is 15.3. The van der Waals surface area contributed by atoms with Crippen LogP contribution in [0.5, 0.6) is 0 Å². The highest BCUT2D eigenvalue weighted by molar-refractivity contribution is 4.76. The zero-order valence-electron chi connectivity index (χ0n) is 12.7. The van der Waals surface area contributed by atoms with Crippen LogP contribution >= 0.6 is 0 Å². The molecule has 0 bridgehead atoms. The van der Waals surface area contributed by atoms with Crippen molar-refractivity contribution in [3.05, 3.63) is 0 Å². The highest BCUT2D eigenvalue weighted by atomic mass is 16.5. The van der Waals surface area contributed by atoms with E-state index in [0.29, 0.717) is 12.0 Å². The number of ether oxygens (including phenoxy) is 1. The lowest BCUT2D eigenvalue weighted by atomic mass is 9.88.